The van der Waals surface area contributed by atoms with Crippen molar-refractivity contribution < 1.29 is 9.53 Å². The van der Waals surface area contributed by atoms with Crippen molar-refractivity contribution in [1.29, 1.82) is 0 Å². The van der Waals surface area contributed by atoms with Crippen molar-refractivity contribution in [2.24, 2.45) is 5.92 Å². The fourth-order valence-electron chi connectivity index (χ4n) is 0.708. The molecular weight excluding hydrogens is 172 g/mol. The molecule has 0 unspecified atom stereocenters. The molecule has 12 heavy (non-hydrogen) atoms. The lowest BCUT2D eigenvalue weighted by atomic mass is 10.2. The van der Waals surface area contributed by atoms with Crippen LogP contribution in [-0.2, 0) is 9.53 Å². The number of Topliss-reactive ketones (excluding diaryl/α,β-unsaturated/α-hetero) is 1. The van der Waals surface area contributed by atoms with Crippen molar-refractivity contribution in [3.8, 4) is 0 Å². The second-order valence-corrected chi connectivity index (χ2v) is 4.31. The van der Waals surface area contributed by atoms with Gasteiger partial charge in [0.15, 0.2) is 5.78 Å². The molecule has 0 aliphatic heterocycles. The molecule has 0 amide bonds. The van der Waals surface area contributed by atoms with Crippen molar-refractivity contribution in [2.75, 3.05) is 25.2 Å². The van der Waals surface area contributed by atoms with E-state index in [9.17, 15) is 4.79 Å². The van der Waals surface area contributed by atoms with Gasteiger partial charge in [-0.2, -0.15) is 11.8 Å². The summed E-state index contributed by atoms with van der Waals surface area (Å²) in [5.74, 6) is 2.59. The molecule has 0 saturated heterocycles. The van der Waals surface area contributed by atoms with E-state index in [1.807, 2.05) is 0 Å². The van der Waals surface area contributed by atoms with Gasteiger partial charge in [0.2, 0.25) is 0 Å². The molecule has 0 saturated carbocycles. The highest BCUT2D eigenvalue weighted by Crippen LogP contribution is 2.08. The average Bonchev–Trinajstić information content (AvgIpc) is 1.98. The third kappa shape index (κ3) is 8.08. The number of thioether (sulfide) groups is 1. The van der Waals surface area contributed by atoms with E-state index in [1.165, 1.54) is 6.42 Å². The first kappa shape index (κ1) is 12.0. The van der Waals surface area contributed by atoms with Gasteiger partial charge in [0.25, 0.3) is 0 Å². The van der Waals surface area contributed by atoms with Crippen LogP contribution < -0.4 is 0 Å². The molecule has 0 aliphatic carbocycles. The molecule has 0 atom stereocenters. The summed E-state index contributed by atoms with van der Waals surface area (Å²) in [5.41, 5.74) is 0. The Labute approximate surface area is 79.1 Å². The SMILES string of the molecule is COCC(=O)CSCCC(C)C. The maximum Gasteiger partial charge on any atom is 0.168 e. The first-order valence-corrected chi connectivity index (χ1v) is 5.40. The molecule has 72 valence electrons. The summed E-state index contributed by atoms with van der Waals surface area (Å²) in [7, 11) is 1.55. The van der Waals surface area contributed by atoms with E-state index in [1.54, 1.807) is 18.9 Å². The molecule has 0 aromatic rings. The van der Waals surface area contributed by atoms with Gasteiger partial charge in [-0.05, 0) is 18.1 Å². The summed E-state index contributed by atoms with van der Waals surface area (Å²) in [4.78, 5) is 10.9. The zero-order chi connectivity index (χ0) is 9.40. The number of carbonyl (C=O) groups excluding carboxylic acids is 1. The maximum atomic E-state index is 10.9. The summed E-state index contributed by atoms with van der Waals surface area (Å²) in [6, 6.07) is 0. The first-order chi connectivity index (χ1) is 5.66. The van der Waals surface area contributed by atoms with E-state index >= 15 is 0 Å². The van der Waals surface area contributed by atoms with Gasteiger partial charge in [0.1, 0.15) is 6.61 Å². The number of hydrogen-bond acceptors (Lipinski definition) is 3. The first-order valence-electron chi connectivity index (χ1n) is 4.25. The van der Waals surface area contributed by atoms with Crippen molar-refractivity contribution in [3.05, 3.63) is 0 Å². The number of methoxy groups -OCH3 is 1. The fourth-order valence-corrected chi connectivity index (χ4v) is 1.80. The second-order valence-electron chi connectivity index (χ2n) is 3.21. The van der Waals surface area contributed by atoms with Gasteiger partial charge < -0.3 is 4.74 Å². The van der Waals surface area contributed by atoms with E-state index in [0.717, 1.165) is 11.7 Å². The molecule has 0 spiro atoms. The van der Waals surface area contributed by atoms with Crippen molar-refractivity contribution >= 4 is 17.5 Å². The van der Waals surface area contributed by atoms with Crippen LogP contribution in [0.1, 0.15) is 20.3 Å². The Bertz CT molecular complexity index is 124. The maximum absolute atomic E-state index is 10.9. The molecule has 0 bridgehead atoms. The molecule has 0 aromatic heterocycles. The fraction of sp³-hybridized carbons (Fsp3) is 0.889. The van der Waals surface area contributed by atoms with E-state index in [-0.39, 0.29) is 12.4 Å². The Kier molecular flexibility index (Phi) is 7.61. The summed E-state index contributed by atoms with van der Waals surface area (Å²) < 4.78 is 4.72. The number of ether oxygens (including phenoxy) is 1. The summed E-state index contributed by atoms with van der Waals surface area (Å²) in [5, 5.41) is 0. The minimum atomic E-state index is 0.186. The van der Waals surface area contributed by atoms with Gasteiger partial charge in [-0.3, -0.25) is 4.79 Å². The molecular formula is C9H18O2S. The van der Waals surface area contributed by atoms with Crippen LogP contribution in [0.25, 0.3) is 0 Å². The molecule has 0 heterocycles. The van der Waals surface area contributed by atoms with Crippen LogP contribution in [0.15, 0.2) is 0 Å². The quantitative estimate of drug-likeness (QED) is 0.574. The van der Waals surface area contributed by atoms with Gasteiger partial charge >= 0.3 is 0 Å². The van der Waals surface area contributed by atoms with E-state index in [4.69, 9.17) is 4.74 Å². The third-order valence-corrected chi connectivity index (χ3v) is 2.46. The summed E-state index contributed by atoms with van der Waals surface area (Å²) in [6.07, 6.45) is 1.19. The Hall–Kier alpha value is -0.0200. The van der Waals surface area contributed by atoms with Crippen LogP contribution in [0.4, 0.5) is 0 Å². The number of ketones is 1. The van der Waals surface area contributed by atoms with Gasteiger partial charge in [-0.25, -0.2) is 0 Å². The molecule has 2 nitrogen and oxygen atoms in total. The highest BCUT2D eigenvalue weighted by molar-refractivity contribution is 7.99. The van der Waals surface area contributed by atoms with Crippen molar-refractivity contribution in [3.63, 3.8) is 0 Å². The molecule has 0 radical (unpaired) electrons. The Morgan fingerprint density at radius 1 is 1.50 bits per heavy atom. The van der Waals surface area contributed by atoms with Crippen LogP contribution in [0.3, 0.4) is 0 Å². The smallest absolute Gasteiger partial charge is 0.168 e. The Morgan fingerprint density at radius 2 is 2.17 bits per heavy atom. The van der Waals surface area contributed by atoms with Gasteiger partial charge in [0, 0.05) is 7.11 Å². The van der Waals surface area contributed by atoms with Crippen LogP contribution in [0.5, 0.6) is 0 Å². The predicted molar refractivity (Wildman–Crippen MR) is 53.7 cm³/mol. The lowest BCUT2D eigenvalue weighted by molar-refractivity contribution is -0.120. The van der Waals surface area contributed by atoms with E-state index < -0.39 is 0 Å². The topological polar surface area (TPSA) is 26.3 Å². The zero-order valence-electron chi connectivity index (χ0n) is 8.13. The van der Waals surface area contributed by atoms with Crippen molar-refractivity contribution in [2.45, 2.75) is 20.3 Å². The minimum absolute atomic E-state index is 0.186. The third-order valence-electron chi connectivity index (χ3n) is 1.41. The number of hydrogen-bond donors (Lipinski definition) is 0. The molecule has 0 aromatic carbocycles. The van der Waals surface area contributed by atoms with Crippen LogP contribution >= 0.6 is 11.8 Å². The summed E-state index contributed by atoms with van der Waals surface area (Å²) >= 11 is 1.70. The van der Waals surface area contributed by atoms with E-state index in [2.05, 4.69) is 13.8 Å². The van der Waals surface area contributed by atoms with E-state index in [0.29, 0.717) is 5.75 Å². The highest BCUT2D eigenvalue weighted by Gasteiger charge is 2.01. The second kappa shape index (κ2) is 7.62. The van der Waals surface area contributed by atoms with Crippen LogP contribution in [-0.4, -0.2) is 31.0 Å². The van der Waals surface area contributed by atoms with Crippen LogP contribution in [0, 0.1) is 5.92 Å². The van der Waals surface area contributed by atoms with Gasteiger partial charge in [-0.1, -0.05) is 13.8 Å². The predicted octanol–water partition coefficient (Wildman–Crippen LogP) is 1.98. The lowest BCUT2D eigenvalue weighted by Gasteiger charge is -2.03. The zero-order valence-corrected chi connectivity index (χ0v) is 8.95. The standard InChI is InChI=1S/C9H18O2S/c1-8(2)4-5-12-7-9(10)6-11-3/h8H,4-7H2,1-3H3. The molecule has 0 fully saturated rings. The monoisotopic (exact) mass is 190 g/mol. The molecule has 0 N–H and O–H groups in total. The normalized spacial score (nSPS) is 10.7. The summed E-state index contributed by atoms with van der Waals surface area (Å²) in [6.45, 7) is 4.64. The van der Waals surface area contributed by atoms with Crippen LogP contribution in [0.2, 0.25) is 0 Å². The number of rotatable bonds is 7. The molecule has 0 aliphatic rings. The lowest BCUT2D eigenvalue weighted by Crippen LogP contribution is -2.09. The Morgan fingerprint density at radius 3 is 2.67 bits per heavy atom. The largest absolute Gasteiger partial charge is 0.377 e. The van der Waals surface area contributed by atoms with Crippen molar-refractivity contribution in [1.82, 2.24) is 0 Å². The average molecular weight is 190 g/mol. The number of carbonyl (C=O) groups is 1. The van der Waals surface area contributed by atoms with Gasteiger partial charge in [-0.15, -0.1) is 0 Å². The molecule has 3 heteroatoms. The minimum Gasteiger partial charge on any atom is -0.377 e. The molecule has 0 rings (SSSR count). The Balaban J connectivity index is 3.14. The van der Waals surface area contributed by atoms with Gasteiger partial charge in [0.05, 0.1) is 5.75 Å². The highest BCUT2D eigenvalue weighted by atomic mass is 32.2.